The second-order valence-corrected chi connectivity index (χ2v) is 2.77. The van der Waals surface area contributed by atoms with E-state index in [-0.39, 0.29) is 6.17 Å². The van der Waals surface area contributed by atoms with Crippen LogP contribution in [-0.4, -0.2) is 16.9 Å². The molecule has 1 aliphatic heterocycles. The summed E-state index contributed by atoms with van der Waals surface area (Å²) in [4.78, 5) is 0. The second-order valence-electron chi connectivity index (χ2n) is 2.38. The number of unbranched alkanes of at least 4 members (excludes halogenated alkanes) is 1. The van der Waals surface area contributed by atoms with E-state index in [9.17, 15) is 0 Å². The minimum atomic E-state index is 0.210. The molecule has 0 aromatic heterocycles. The Labute approximate surface area is 66.1 Å². The number of rotatable bonds is 3. The molecule has 0 aliphatic carbocycles. The highest BCUT2D eigenvalue weighted by atomic mass is 35.5. The van der Waals surface area contributed by atoms with Gasteiger partial charge in [0.2, 0.25) is 0 Å². The number of halogens is 1. The van der Waals surface area contributed by atoms with Crippen molar-refractivity contribution in [2.24, 2.45) is 5.10 Å². The zero-order valence-corrected chi connectivity index (χ0v) is 6.80. The van der Waals surface area contributed by atoms with Crippen molar-refractivity contribution in [2.45, 2.75) is 32.4 Å². The molecule has 0 spiro atoms. The highest BCUT2D eigenvalue weighted by molar-refractivity contribution is 6.19. The normalized spacial score (nSPS) is 23.4. The highest BCUT2D eigenvalue weighted by Gasteiger charge is 2.16. The number of nitrogens with one attached hydrogen (secondary N) is 1. The second kappa shape index (κ2) is 3.66. The monoisotopic (exact) mass is 161 g/mol. The first-order valence-corrected chi connectivity index (χ1v) is 3.91. The molecular weight excluding hydrogens is 150 g/mol. The van der Waals surface area contributed by atoms with Gasteiger partial charge in [0.1, 0.15) is 12.5 Å². The van der Waals surface area contributed by atoms with Crippen LogP contribution >= 0.6 is 11.8 Å². The van der Waals surface area contributed by atoms with Crippen LogP contribution in [0.5, 0.6) is 0 Å². The Balaban J connectivity index is 2.17. The lowest BCUT2D eigenvalue weighted by Crippen LogP contribution is -2.30. The van der Waals surface area contributed by atoms with Crippen molar-refractivity contribution in [1.29, 1.82) is 0 Å². The molecule has 1 unspecified atom stereocenters. The van der Waals surface area contributed by atoms with Gasteiger partial charge >= 0.3 is 0 Å². The molecule has 0 fully saturated rings. The smallest absolute Gasteiger partial charge is 0.131 e. The van der Waals surface area contributed by atoms with Crippen molar-refractivity contribution >= 4 is 18.1 Å². The van der Waals surface area contributed by atoms with Gasteiger partial charge in [0.05, 0.1) is 0 Å². The van der Waals surface area contributed by atoms with Gasteiger partial charge in [-0.2, -0.15) is 5.10 Å². The van der Waals surface area contributed by atoms with Crippen LogP contribution < -0.4 is 5.43 Å². The van der Waals surface area contributed by atoms with E-state index in [1.165, 1.54) is 12.8 Å². The van der Waals surface area contributed by atoms with E-state index in [4.69, 9.17) is 11.8 Å². The zero-order valence-electron chi connectivity index (χ0n) is 6.05. The Morgan fingerprint density at radius 3 is 3.10 bits per heavy atom. The fourth-order valence-electron chi connectivity index (χ4n) is 0.896. The topological polar surface area (TPSA) is 27.6 Å². The molecule has 58 valence electrons. The Morgan fingerprint density at radius 2 is 2.60 bits per heavy atom. The largest absolute Gasteiger partial charge is 0.285 e. The predicted octanol–water partition coefficient (Wildman–Crippen LogP) is 1.50. The fraction of sp³-hybridized carbons (Fsp3) is 0.833. The van der Waals surface area contributed by atoms with Crippen LogP contribution in [0.1, 0.15) is 26.2 Å². The van der Waals surface area contributed by atoms with E-state index in [0.717, 1.165) is 6.42 Å². The number of hydrazone groups is 1. The Kier molecular flexibility index (Phi) is 2.81. The van der Waals surface area contributed by atoms with Crippen molar-refractivity contribution in [2.75, 3.05) is 0 Å². The van der Waals surface area contributed by atoms with Gasteiger partial charge in [-0.05, 0) is 12.8 Å². The Morgan fingerprint density at radius 1 is 1.80 bits per heavy atom. The lowest BCUT2D eigenvalue weighted by molar-refractivity contribution is 0.394. The summed E-state index contributed by atoms with van der Waals surface area (Å²) >= 11 is 5.74. The molecule has 0 aromatic rings. The summed E-state index contributed by atoms with van der Waals surface area (Å²) in [6, 6.07) is 0. The first-order chi connectivity index (χ1) is 4.84. The summed E-state index contributed by atoms with van der Waals surface area (Å²) in [6.07, 6.45) is 5.25. The van der Waals surface area contributed by atoms with E-state index in [1.54, 1.807) is 10.8 Å². The van der Waals surface area contributed by atoms with Crippen LogP contribution in [0, 0.1) is 0 Å². The number of nitrogens with zero attached hydrogens (tertiary/aromatic N) is 2. The lowest BCUT2D eigenvalue weighted by atomic mass is 10.2. The van der Waals surface area contributed by atoms with Crippen LogP contribution in [0.15, 0.2) is 5.10 Å². The third-order valence-electron chi connectivity index (χ3n) is 1.52. The maximum Gasteiger partial charge on any atom is 0.131 e. The van der Waals surface area contributed by atoms with E-state index in [2.05, 4.69) is 17.5 Å². The quantitative estimate of drug-likeness (QED) is 0.636. The van der Waals surface area contributed by atoms with Crippen molar-refractivity contribution in [3.63, 3.8) is 0 Å². The van der Waals surface area contributed by atoms with Crippen molar-refractivity contribution in [3.8, 4) is 0 Å². The molecule has 1 aliphatic rings. The fourth-order valence-corrected chi connectivity index (χ4v) is 1.08. The lowest BCUT2D eigenvalue weighted by Gasteiger charge is -2.14. The maximum atomic E-state index is 5.74. The summed E-state index contributed by atoms with van der Waals surface area (Å²) in [5, 5.41) is 3.82. The highest BCUT2D eigenvalue weighted by Crippen LogP contribution is 2.10. The summed E-state index contributed by atoms with van der Waals surface area (Å²) in [7, 11) is 0. The van der Waals surface area contributed by atoms with E-state index in [1.807, 2.05) is 0 Å². The average Bonchev–Trinajstić information content (AvgIpc) is 2.31. The average molecular weight is 162 g/mol. The standard InChI is InChI=1S/C6H12ClN3/c1-2-3-4-6-9-8-5-10(6)7/h5-6,9H,2-4H2,1H3. The van der Waals surface area contributed by atoms with Gasteiger partial charge in [0, 0.05) is 11.8 Å². The van der Waals surface area contributed by atoms with Crippen LogP contribution in [-0.2, 0) is 0 Å². The summed E-state index contributed by atoms with van der Waals surface area (Å²) in [6.45, 7) is 2.16. The van der Waals surface area contributed by atoms with E-state index >= 15 is 0 Å². The Bertz CT molecular complexity index is 126. The third-order valence-corrected chi connectivity index (χ3v) is 1.84. The van der Waals surface area contributed by atoms with Crippen LogP contribution in [0.4, 0.5) is 0 Å². The minimum Gasteiger partial charge on any atom is -0.285 e. The molecule has 4 heteroatoms. The maximum absolute atomic E-state index is 5.74. The molecule has 0 radical (unpaired) electrons. The molecule has 0 bridgehead atoms. The molecule has 3 nitrogen and oxygen atoms in total. The molecule has 1 N–H and O–H groups in total. The zero-order chi connectivity index (χ0) is 7.40. The minimum absolute atomic E-state index is 0.210. The molecule has 0 saturated heterocycles. The first kappa shape index (κ1) is 7.66. The van der Waals surface area contributed by atoms with Gasteiger partial charge in [-0.15, -0.1) is 0 Å². The first-order valence-electron chi connectivity index (χ1n) is 3.57. The molecule has 0 saturated carbocycles. The van der Waals surface area contributed by atoms with Crippen LogP contribution in [0.2, 0.25) is 0 Å². The van der Waals surface area contributed by atoms with Crippen LogP contribution in [0.25, 0.3) is 0 Å². The number of hydrogen-bond donors (Lipinski definition) is 1. The van der Waals surface area contributed by atoms with Gasteiger partial charge in [-0.25, -0.2) is 4.42 Å². The molecule has 10 heavy (non-hydrogen) atoms. The Hall–Kier alpha value is -0.440. The van der Waals surface area contributed by atoms with Gasteiger partial charge in [0.25, 0.3) is 0 Å². The van der Waals surface area contributed by atoms with Gasteiger partial charge in [-0.3, -0.25) is 5.43 Å². The molecule has 0 aromatic carbocycles. The summed E-state index contributed by atoms with van der Waals surface area (Å²) in [5.74, 6) is 0. The number of hydrogen-bond acceptors (Lipinski definition) is 3. The van der Waals surface area contributed by atoms with Crippen LogP contribution in [0.3, 0.4) is 0 Å². The molecule has 1 heterocycles. The van der Waals surface area contributed by atoms with Crippen molar-refractivity contribution in [3.05, 3.63) is 0 Å². The van der Waals surface area contributed by atoms with E-state index < -0.39 is 0 Å². The molecular formula is C6H12ClN3. The van der Waals surface area contributed by atoms with Gasteiger partial charge in [0.15, 0.2) is 0 Å². The van der Waals surface area contributed by atoms with Gasteiger partial charge in [-0.1, -0.05) is 13.3 Å². The van der Waals surface area contributed by atoms with Crippen molar-refractivity contribution in [1.82, 2.24) is 9.84 Å². The SMILES string of the molecule is CCCCC1NN=CN1Cl. The predicted molar refractivity (Wildman–Crippen MR) is 42.6 cm³/mol. The summed E-state index contributed by atoms with van der Waals surface area (Å²) < 4.78 is 1.58. The molecule has 0 amide bonds. The summed E-state index contributed by atoms with van der Waals surface area (Å²) in [5.41, 5.74) is 2.90. The third kappa shape index (κ3) is 1.77. The molecule has 1 atom stereocenters. The van der Waals surface area contributed by atoms with Gasteiger partial charge < -0.3 is 0 Å². The van der Waals surface area contributed by atoms with Crippen molar-refractivity contribution < 1.29 is 0 Å². The molecule has 1 rings (SSSR count). The van der Waals surface area contributed by atoms with E-state index in [0.29, 0.717) is 0 Å².